The van der Waals surface area contributed by atoms with Crippen LogP contribution in [0, 0.1) is 5.92 Å². The molecule has 0 heterocycles. The Morgan fingerprint density at radius 2 is 1.91 bits per heavy atom. The smallest absolute Gasteiger partial charge is 0.207 e. The molecule has 0 spiro atoms. The maximum absolute atomic E-state index is 12.3. The van der Waals surface area contributed by atoms with Crippen LogP contribution in [-0.2, 0) is 0 Å². The minimum atomic E-state index is -2.54. The molecule has 0 amide bonds. The van der Waals surface area contributed by atoms with E-state index in [-0.39, 0.29) is 6.42 Å². The van der Waals surface area contributed by atoms with Gasteiger partial charge in [0, 0.05) is 6.42 Å². The highest BCUT2D eigenvalue weighted by atomic mass is 19.3. The van der Waals surface area contributed by atoms with E-state index < -0.39 is 5.92 Å². The number of halogens is 2. The van der Waals surface area contributed by atoms with Gasteiger partial charge in [0.05, 0.1) is 0 Å². The van der Waals surface area contributed by atoms with Crippen LogP contribution in [0.1, 0.15) is 33.6 Å². The zero-order valence-electron chi connectivity index (χ0n) is 7.45. The second kappa shape index (κ2) is 3.84. The molecule has 0 atom stereocenters. The van der Waals surface area contributed by atoms with E-state index in [1.165, 1.54) is 0 Å². The van der Waals surface area contributed by atoms with Gasteiger partial charge >= 0.3 is 0 Å². The van der Waals surface area contributed by atoms with Crippen LogP contribution in [0.3, 0.4) is 0 Å². The molecule has 0 aliphatic heterocycles. The standard InChI is InChI=1S/C9H16F2/c1-7(2)8(3)5-6-9(4,10)11/h7H,3,5-6H2,1-2,4H3. The molecule has 0 aliphatic carbocycles. The van der Waals surface area contributed by atoms with E-state index in [0.717, 1.165) is 12.5 Å². The molecule has 0 rings (SSSR count). The summed E-state index contributed by atoms with van der Waals surface area (Å²) in [7, 11) is 0. The molecule has 0 saturated carbocycles. The third kappa shape index (κ3) is 6.02. The average Bonchev–Trinajstić information content (AvgIpc) is 1.80. The number of rotatable bonds is 4. The number of hydrogen-bond acceptors (Lipinski definition) is 0. The van der Waals surface area contributed by atoms with Crippen molar-refractivity contribution in [1.29, 1.82) is 0 Å². The molecule has 0 unspecified atom stereocenters. The zero-order chi connectivity index (χ0) is 9.07. The van der Waals surface area contributed by atoms with Gasteiger partial charge in [0.15, 0.2) is 0 Å². The Bertz CT molecular complexity index is 131. The molecule has 0 N–H and O–H groups in total. The van der Waals surface area contributed by atoms with Crippen LogP contribution in [0.2, 0.25) is 0 Å². The van der Waals surface area contributed by atoms with Crippen molar-refractivity contribution in [2.75, 3.05) is 0 Å². The molecule has 0 bridgehead atoms. The summed E-state index contributed by atoms with van der Waals surface area (Å²) in [6.07, 6.45) is 0.352. The minimum Gasteiger partial charge on any atom is -0.207 e. The van der Waals surface area contributed by atoms with Crippen LogP contribution in [0.5, 0.6) is 0 Å². The van der Waals surface area contributed by atoms with Gasteiger partial charge in [0.1, 0.15) is 0 Å². The van der Waals surface area contributed by atoms with E-state index in [0.29, 0.717) is 12.3 Å². The molecular formula is C9H16F2. The lowest BCUT2D eigenvalue weighted by atomic mass is 9.99. The summed E-state index contributed by atoms with van der Waals surface area (Å²) in [4.78, 5) is 0. The highest BCUT2D eigenvalue weighted by Gasteiger charge is 2.20. The van der Waals surface area contributed by atoms with Crippen LogP contribution < -0.4 is 0 Å². The zero-order valence-corrected chi connectivity index (χ0v) is 7.45. The topological polar surface area (TPSA) is 0 Å². The lowest BCUT2D eigenvalue weighted by Crippen LogP contribution is -2.10. The molecule has 0 nitrogen and oxygen atoms in total. The molecule has 0 aliphatic rings. The number of allylic oxidation sites excluding steroid dienone is 1. The maximum Gasteiger partial charge on any atom is 0.245 e. The van der Waals surface area contributed by atoms with E-state index in [1.807, 2.05) is 13.8 Å². The van der Waals surface area contributed by atoms with Crippen molar-refractivity contribution in [2.24, 2.45) is 5.92 Å². The molecule has 0 aromatic carbocycles. The highest BCUT2D eigenvalue weighted by Crippen LogP contribution is 2.23. The molecule has 0 aromatic rings. The fraction of sp³-hybridized carbons (Fsp3) is 0.778. The quantitative estimate of drug-likeness (QED) is 0.554. The Balaban J connectivity index is 3.64. The summed E-state index contributed by atoms with van der Waals surface area (Å²) in [5.41, 5.74) is 0.909. The lowest BCUT2D eigenvalue weighted by molar-refractivity contribution is 0.0129. The van der Waals surface area contributed by atoms with Crippen molar-refractivity contribution in [2.45, 2.75) is 39.5 Å². The summed E-state index contributed by atoms with van der Waals surface area (Å²) in [5, 5.41) is 0. The van der Waals surface area contributed by atoms with E-state index in [2.05, 4.69) is 6.58 Å². The monoisotopic (exact) mass is 162 g/mol. The SMILES string of the molecule is C=C(CCC(C)(F)F)C(C)C. The van der Waals surface area contributed by atoms with Crippen LogP contribution in [0.15, 0.2) is 12.2 Å². The Labute approximate surface area is 67.3 Å². The van der Waals surface area contributed by atoms with Gasteiger partial charge in [-0.1, -0.05) is 26.0 Å². The molecule has 0 aromatic heterocycles. The van der Waals surface area contributed by atoms with E-state index in [9.17, 15) is 8.78 Å². The molecule has 11 heavy (non-hydrogen) atoms. The predicted molar refractivity (Wildman–Crippen MR) is 43.8 cm³/mol. The van der Waals surface area contributed by atoms with Gasteiger partial charge in [-0.15, -0.1) is 0 Å². The predicted octanol–water partition coefficient (Wildman–Crippen LogP) is 3.63. The molecule has 0 radical (unpaired) electrons. The first-order valence-corrected chi connectivity index (χ1v) is 3.88. The third-order valence-electron chi connectivity index (χ3n) is 1.70. The van der Waals surface area contributed by atoms with Crippen LogP contribution >= 0.6 is 0 Å². The van der Waals surface area contributed by atoms with Crippen molar-refractivity contribution in [1.82, 2.24) is 0 Å². The molecule has 0 saturated heterocycles. The van der Waals surface area contributed by atoms with Gasteiger partial charge in [-0.2, -0.15) is 0 Å². The summed E-state index contributed by atoms with van der Waals surface area (Å²) < 4.78 is 24.6. The Kier molecular flexibility index (Phi) is 3.70. The van der Waals surface area contributed by atoms with Gasteiger partial charge in [0.2, 0.25) is 5.92 Å². The summed E-state index contributed by atoms with van der Waals surface area (Å²) in [5.74, 6) is -2.23. The van der Waals surface area contributed by atoms with Crippen LogP contribution in [0.4, 0.5) is 8.78 Å². The van der Waals surface area contributed by atoms with Gasteiger partial charge in [0.25, 0.3) is 0 Å². The molecular weight excluding hydrogens is 146 g/mol. The molecule has 2 heteroatoms. The van der Waals surface area contributed by atoms with Crippen molar-refractivity contribution in [3.05, 3.63) is 12.2 Å². The van der Waals surface area contributed by atoms with E-state index in [1.54, 1.807) is 0 Å². The van der Waals surface area contributed by atoms with Crippen molar-refractivity contribution in [3.63, 3.8) is 0 Å². The number of hydrogen-bond donors (Lipinski definition) is 0. The Hall–Kier alpha value is -0.400. The van der Waals surface area contributed by atoms with Crippen LogP contribution in [0.25, 0.3) is 0 Å². The largest absolute Gasteiger partial charge is 0.245 e. The highest BCUT2D eigenvalue weighted by molar-refractivity contribution is 4.97. The normalized spacial score (nSPS) is 12.2. The van der Waals surface area contributed by atoms with E-state index in [4.69, 9.17) is 0 Å². The van der Waals surface area contributed by atoms with E-state index >= 15 is 0 Å². The first-order chi connectivity index (χ1) is 4.83. The van der Waals surface area contributed by atoms with Gasteiger partial charge in [-0.05, 0) is 19.3 Å². The third-order valence-corrected chi connectivity index (χ3v) is 1.70. The molecule has 0 fully saturated rings. The maximum atomic E-state index is 12.3. The summed E-state index contributed by atoms with van der Waals surface area (Å²) >= 11 is 0. The van der Waals surface area contributed by atoms with Crippen molar-refractivity contribution in [3.8, 4) is 0 Å². The second-order valence-electron chi connectivity index (χ2n) is 3.38. The lowest BCUT2D eigenvalue weighted by Gasteiger charge is -2.13. The van der Waals surface area contributed by atoms with Crippen molar-refractivity contribution >= 4 is 0 Å². The fourth-order valence-electron chi connectivity index (χ4n) is 0.669. The Morgan fingerprint density at radius 1 is 1.45 bits per heavy atom. The van der Waals surface area contributed by atoms with Crippen molar-refractivity contribution < 1.29 is 8.78 Å². The molecule has 66 valence electrons. The van der Waals surface area contributed by atoms with Gasteiger partial charge in [-0.25, -0.2) is 8.78 Å². The summed E-state index contributed by atoms with van der Waals surface area (Å²) in [6, 6.07) is 0. The Morgan fingerprint density at radius 3 is 2.18 bits per heavy atom. The summed E-state index contributed by atoms with van der Waals surface area (Å²) in [6.45, 7) is 8.61. The van der Waals surface area contributed by atoms with Gasteiger partial charge in [-0.3, -0.25) is 0 Å². The second-order valence-corrected chi connectivity index (χ2v) is 3.38. The fourth-order valence-corrected chi connectivity index (χ4v) is 0.669. The first-order valence-electron chi connectivity index (χ1n) is 3.88. The first kappa shape index (κ1) is 10.6. The number of alkyl halides is 2. The van der Waals surface area contributed by atoms with Gasteiger partial charge < -0.3 is 0 Å². The van der Waals surface area contributed by atoms with Crippen LogP contribution in [-0.4, -0.2) is 5.92 Å². The minimum absolute atomic E-state index is 0.0794. The average molecular weight is 162 g/mol.